The lowest BCUT2D eigenvalue weighted by Crippen LogP contribution is -2.12. The second-order valence-corrected chi connectivity index (χ2v) is 6.26. The van der Waals surface area contributed by atoms with Crippen LogP contribution in [-0.4, -0.2) is 12.9 Å². The summed E-state index contributed by atoms with van der Waals surface area (Å²) in [6.45, 7) is 0. The Morgan fingerprint density at radius 1 is 1.29 bits per heavy atom. The third kappa shape index (κ3) is 2.88. The van der Waals surface area contributed by atoms with Gasteiger partial charge in [0.25, 0.3) is 0 Å². The molecule has 0 saturated carbocycles. The molecule has 0 saturated heterocycles. The molecule has 2 nitrogen and oxygen atoms in total. The highest BCUT2D eigenvalue weighted by molar-refractivity contribution is 9.10. The summed E-state index contributed by atoms with van der Waals surface area (Å²) in [5.74, 6) is 1.15. The number of benzene rings is 2. The molecule has 0 bridgehead atoms. The summed E-state index contributed by atoms with van der Waals surface area (Å²) in [4.78, 5) is 12.6. The third-order valence-electron chi connectivity index (χ3n) is 4.12. The van der Waals surface area contributed by atoms with E-state index < -0.39 is 0 Å². The van der Waals surface area contributed by atoms with E-state index in [4.69, 9.17) is 4.74 Å². The van der Waals surface area contributed by atoms with E-state index in [0.29, 0.717) is 12.2 Å². The third-order valence-corrected chi connectivity index (χ3v) is 4.74. The Morgan fingerprint density at radius 3 is 2.86 bits per heavy atom. The van der Waals surface area contributed by atoms with Crippen LogP contribution < -0.4 is 4.74 Å². The molecular formula is C18H17BrO2. The highest BCUT2D eigenvalue weighted by Gasteiger charge is 2.27. The maximum Gasteiger partial charge on any atom is 0.144 e. The minimum absolute atomic E-state index is 0.0575. The van der Waals surface area contributed by atoms with Gasteiger partial charge in [0, 0.05) is 12.3 Å². The van der Waals surface area contributed by atoms with Crippen molar-refractivity contribution in [3.05, 3.63) is 63.6 Å². The molecular weight excluding hydrogens is 328 g/mol. The number of aryl methyl sites for hydroxylation is 1. The molecule has 1 atom stereocenters. The van der Waals surface area contributed by atoms with Crippen molar-refractivity contribution in [2.75, 3.05) is 7.11 Å². The first-order chi connectivity index (χ1) is 10.2. The molecule has 108 valence electrons. The molecule has 0 aromatic heterocycles. The van der Waals surface area contributed by atoms with E-state index in [2.05, 4.69) is 28.1 Å². The zero-order valence-corrected chi connectivity index (χ0v) is 13.5. The van der Waals surface area contributed by atoms with E-state index in [9.17, 15) is 4.79 Å². The fourth-order valence-corrected chi connectivity index (χ4v) is 3.62. The Bertz CT molecular complexity index is 679. The standard InChI is InChI=1S/C18H17BrO2/c1-21-18-9-6-12(10-16(18)19)11-17(20)15-8-7-13-4-2-3-5-14(13)15/h2-6,9-10,15H,7-8,11H2,1H3. The van der Waals surface area contributed by atoms with Gasteiger partial charge in [-0.15, -0.1) is 0 Å². The number of methoxy groups -OCH3 is 1. The van der Waals surface area contributed by atoms with Gasteiger partial charge in [0.15, 0.2) is 0 Å². The number of halogens is 1. The number of rotatable bonds is 4. The van der Waals surface area contributed by atoms with Gasteiger partial charge in [-0.25, -0.2) is 0 Å². The van der Waals surface area contributed by atoms with Crippen LogP contribution in [0.4, 0.5) is 0 Å². The van der Waals surface area contributed by atoms with Gasteiger partial charge < -0.3 is 4.74 Å². The molecule has 0 amide bonds. The predicted octanol–water partition coefficient (Wildman–Crippen LogP) is 4.30. The largest absolute Gasteiger partial charge is 0.496 e. The molecule has 2 aromatic carbocycles. The van der Waals surface area contributed by atoms with E-state index >= 15 is 0 Å². The van der Waals surface area contributed by atoms with Gasteiger partial charge in [-0.05, 0) is 57.6 Å². The van der Waals surface area contributed by atoms with Crippen LogP contribution in [0.3, 0.4) is 0 Å². The molecule has 2 aromatic rings. The average molecular weight is 345 g/mol. The fraction of sp³-hybridized carbons (Fsp3) is 0.278. The molecule has 1 aliphatic carbocycles. The monoisotopic (exact) mass is 344 g/mol. The first kappa shape index (κ1) is 14.3. The summed E-state index contributed by atoms with van der Waals surface area (Å²) >= 11 is 3.47. The van der Waals surface area contributed by atoms with Gasteiger partial charge in [-0.2, -0.15) is 0 Å². The maximum atomic E-state index is 12.6. The Morgan fingerprint density at radius 2 is 2.10 bits per heavy atom. The molecule has 0 heterocycles. The van der Waals surface area contributed by atoms with Gasteiger partial charge in [-0.3, -0.25) is 4.79 Å². The van der Waals surface area contributed by atoms with Crippen LogP contribution in [0.15, 0.2) is 46.9 Å². The zero-order chi connectivity index (χ0) is 14.8. The number of ketones is 1. The van der Waals surface area contributed by atoms with Crippen LogP contribution in [0.2, 0.25) is 0 Å². The van der Waals surface area contributed by atoms with Crippen molar-refractivity contribution in [2.24, 2.45) is 0 Å². The Kier molecular flexibility index (Phi) is 4.11. The Labute approximate surface area is 133 Å². The van der Waals surface area contributed by atoms with Crippen LogP contribution in [0, 0.1) is 0 Å². The molecule has 0 aliphatic heterocycles. The molecule has 3 heteroatoms. The Hall–Kier alpha value is -1.61. The lowest BCUT2D eigenvalue weighted by molar-refractivity contribution is -0.119. The molecule has 1 unspecified atom stereocenters. The van der Waals surface area contributed by atoms with Gasteiger partial charge in [0.05, 0.1) is 11.6 Å². The molecule has 0 N–H and O–H groups in total. The summed E-state index contributed by atoms with van der Waals surface area (Å²) in [5.41, 5.74) is 3.57. The summed E-state index contributed by atoms with van der Waals surface area (Å²) in [5, 5.41) is 0. The highest BCUT2D eigenvalue weighted by atomic mass is 79.9. The van der Waals surface area contributed by atoms with E-state index in [-0.39, 0.29) is 5.92 Å². The minimum Gasteiger partial charge on any atom is -0.496 e. The number of Topliss-reactive ketones (excluding diaryl/α,β-unsaturated/α-hetero) is 1. The molecule has 3 rings (SSSR count). The number of fused-ring (bicyclic) bond motifs is 1. The van der Waals surface area contributed by atoms with Crippen molar-refractivity contribution in [2.45, 2.75) is 25.2 Å². The van der Waals surface area contributed by atoms with E-state index in [1.54, 1.807) is 7.11 Å². The van der Waals surface area contributed by atoms with Crippen LogP contribution in [0.1, 0.15) is 29.0 Å². The second kappa shape index (κ2) is 6.02. The van der Waals surface area contributed by atoms with Gasteiger partial charge >= 0.3 is 0 Å². The average Bonchev–Trinajstić information content (AvgIpc) is 2.91. The number of hydrogen-bond donors (Lipinski definition) is 0. The van der Waals surface area contributed by atoms with Crippen LogP contribution in [0.25, 0.3) is 0 Å². The van der Waals surface area contributed by atoms with Crippen LogP contribution in [-0.2, 0) is 17.6 Å². The molecule has 0 spiro atoms. The number of carbonyl (C=O) groups excluding carboxylic acids is 1. The normalized spacial score (nSPS) is 16.6. The first-order valence-electron chi connectivity index (χ1n) is 7.12. The second-order valence-electron chi connectivity index (χ2n) is 5.40. The van der Waals surface area contributed by atoms with Crippen LogP contribution >= 0.6 is 15.9 Å². The molecule has 0 fully saturated rings. The number of ether oxygens (including phenoxy) is 1. The molecule has 21 heavy (non-hydrogen) atoms. The SMILES string of the molecule is COc1ccc(CC(=O)C2CCc3ccccc32)cc1Br. The van der Waals surface area contributed by atoms with E-state index in [0.717, 1.165) is 28.6 Å². The summed E-state index contributed by atoms with van der Waals surface area (Å²) < 4.78 is 6.11. The molecule has 0 radical (unpaired) electrons. The van der Waals surface area contributed by atoms with E-state index in [1.165, 1.54) is 11.1 Å². The maximum absolute atomic E-state index is 12.6. The van der Waals surface area contributed by atoms with Gasteiger partial charge in [0.2, 0.25) is 0 Å². The smallest absolute Gasteiger partial charge is 0.144 e. The quantitative estimate of drug-likeness (QED) is 0.826. The van der Waals surface area contributed by atoms with Crippen molar-refractivity contribution >= 4 is 21.7 Å². The Balaban J connectivity index is 1.77. The summed E-state index contributed by atoms with van der Waals surface area (Å²) in [6.07, 6.45) is 2.43. The lowest BCUT2D eigenvalue weighted by Gasteiger charge is -2.11. The zero-order valence-electron chi connectivity index (χ0n) is 11.9. The highest BCUT2D eigenvalue weighted by Crippen LogP contribution is 2.34. The number of carbonyl (C=O) groups is 1. The van der Waals surface area contributed by atoms with Gasteiger partial charge in [0.1, 0.15) is 11.5 Å². The van der Waals surface area contributed by atoms with Crippen molar-refractivity contribution < 1.29 is 9.53 Å². The minimum atomic E-state index is 0.0575. The van der Waals surface area contributed by atoms with Crippen molar-refractivity contribution in [1.29, 1.82) is 0 Å². The number of hydrogen-bond acceptors (Lipinski definition) is 2. The fourth-order valence-electron chi connectivity index (χ4n) is 3.04. The summed E-state index contributed by atoms with van der Waals surface area (Å²) in [6, 6.07) is 14.1. The van der Waals surface area contributed by atoms with Gasteiger partial charge in [-0.1, -0.05) is 30.3 Å². The van der Waals surface area contributed by atoms with Crippen molar-refractivity contribution in [3.8, 4) is 5.75 Å². The van der Waals surface area contributed by atoms with Crippen molar-refractivity contribution in [3.63, 3.8) is 0 Å². The predicted molar refractivity (Wildman–Crippen MR) is 86.9 cm³/mol. The van der Waals surface area contributed by atoms with Crippen molar-refractivity contribution in [1.82, 2.24) is 0 Å². The lowest BCUT2D eigenvalue weighted by atomic mass is 9.92. The summed E-state index contributed by atoms with van der Waals surface area (Å²) in [7, 11) is 1.64. The first-order valence-corrected chi connectivity index (χ1v) is 7.91. The topological polar surface area (TPSA) is 26.3 Å². The van der Waals surface area contributed by atoms with Crippen LogP contribution in [0.5, 0.6) is 5.75 Å². The van der Waals surface area contributed by atoms with E-state index in [1.807, 2.05) is 30.3 Å². The molecule has 1 aliphatic rings.